The normalized spacial score (nSPS) is 11.8. The van der Waals surface area contributed by atoms with E-state index in [-0.39, 0.29) is 5.56 Å². The van der Waals surface area contributed by atoms with Crippen LogP contribution in [-0.4, -0.2) is 16.1 Å². The zero-order valence-corrected chi connectivity index (χ0v) is 11.6. The predicted octanol–water partition coefficient (Wildman–Crippen LogP) is 3.59. The highest BCUT2D eigenvalue weighted by molar-refractivity contribution is 5.88. The molecule has 0 amide bonds. The molecule has 0 saturated heterocycles. The molecule has 0 bridgehead atoms. The van der Waals surface area contributed by atoms with Crippen LogP contribution in [-0.2, 0) is 0 Å². The molecule has 4 nitrogen and oxygen atoms in total. The second-order valence-electron chi connectivity index (χ2n) is 4.94. The standard InChI is InChI=1S/C18H12N2O2/c19-9-17(13-8-14(18(21)22)11-20-10-13)16-7-3-5-12-4-1-2-6-15(12)16/h1-8,10-11,17H,(H,21,22). The SMILES string of the molecule is N#CC(c1cncc(C(=O)O)c1)c1cccc2ccccc12. The number of fused-ring (bicyclic) bond motifs is 1. The lowest BCUT2D eigenvalue weighted by Gasteiger charge is -2.13. The minimum absolute atomic E-state index is 0.0815. The van der Waals surface area contributed by atoms with E-state index in [1.807, 2.05) is 42.5 Å². The van der Waals surface area contributed by atoms with Crippen LogP contribution in [0.5, 0.6) is 0 Å². The molecular weight excluding hydrogens is 276 g/mol. The molecule has 3 rings (SSSR count). The minimum atomic E-state index is -1.05. The maximum Gasteiger partial charge on any atom is 0.337 e. The largest absolute Gasteiger partial charge is 0.478 e. The van der Waals surface area contributed by atoms with Gasteiger partial charge in [-0.25, -0.2) is 4.79 Å². The lowest BCUT2D eigenvalue weighted by Crippen LogP contribution is -2.04. The second-order valence-corrected chi connectivity index (χ2v) is 4.94. The number of carboxylic acids is 1. The van der Waals surface area contributed by atoms with Crippen molar-refractivity contribution >= 4 is 16.7 Å². The van der Waals surface area contributed by atoms with Crippen molar-refractivity contribution in [2.24, 2.45) is 0 Å². The van der Waals surface area contributed by atoms with Gasteiger partial charge in [0.2, 0.25) is 0 Å². The first-order chi connectivity index (χ1) is 10.7. The van der Waals surface area contributed by atoms with Crippen LogP contribution >= 0.6 is 0 Å². The number of rotatable bonds is 3. The Morgan fingerprint density at radius 3 is 2.68 bits per heavy atom. The number of aromatic carboxylic acids is 1. The number of hydrogen-bond donors (Lipinski definition) is 1. The Hall–Kier alpha value is -3.19. The molecule has 0 aliphatic rings. The van der Waals surface area contributed by atoms with E-state index in [0.717, 1.165) is 16.3 Å². The van der Waals surface area contributed by atoms with E-state index in [9.17, 15) is 10.1 Å². The van der Waals surface area contributed by atoms with Crippen LogP contribution < -0.4 is 0 Å². The van der Waals surface area contributed by atoms with Crippen molar-refractivity contribution in [2.45, 2.75) is 5.92 Å². The Morgan fingerprint density at radius 2 is 1.91 bits per heavy atom. The van der Waals surface area contributed by atoms with Crippen molar-refractivity contribution in [2.75, 3.05) is 0 Å². The fraction of sp³-hybridized carbons (Fsp3) is 0.0556. The van der Waals surface area contributed by atoms with Crippen LogP contribution in [0.2, 0.25) is 0 Å². The fourth-order valence-electron chi connectivity index (χ4n) is 2.56. The predicted molar refractivity (Wildman–Crippen MR) is 82.6 cm³/mol. The molecule has 0 saturated carbocycles. The van der Waals surface area contributed by atoms with Crippen molar-refractivity contribution in [1.82, 2.24) is 4.98 Å². The number of carboxylic acid groups (broad SMARTS) is 1. The van der Waals surface area contributed by atoms with Crippen molar-refractivity contribution in [3.05, 3.63) is 77.6 Å². The summed E-state index contributed by atoms with van der Waals surface area (Å²) in [6.45, 7) is 0. The summed E-state index contributed by atoms with van der Waals surface area (Å²) in [6, 6.07) is 17.4. The number of aromatic nitrogens is 1. The number of benzene rings is 2. The number of nitriles is 1. The van der Waals surface area contributed by atoms with E-state index < -0.39 is 11.9 Å². The molecule has 1 heterocycles. The van der Waals surface area contributed by atoms with Crippen LogP contribution in [0.15, 0.2) is 60.9 Å². The Bertz CT molecular complexity index is 891. The van der Waals surface area contributed by atoms with Gasteiger partial charge in [0.15, 0.2) is 0 Å². The van der Waals surface area contributed by atoms with Crippen molar-refractivity contribution in [3.63, 3.8) is 0 Å². The summed E-state index contributed by atoms with van der Waals surface area (Å²) in [7, 11) is 0. The van der Waals surface area contributed by atoms with Gasteiger partial charge in [0.1, 0.15) is 0 Å². The molecule has 1 unspecified atom stereocenters. The third-order valence-electron chi connectivity index (χ3n) is 3.60. The average Bonchev–Trinajstić information content (AvgIpc) is 2.56. The van der Waals surface area contributed by atoms with Crippen LogP contribution in [0.25, 0.3) is 10.8 Å². The Balaban J connectivity index is 2.17. The zero-order chi connectivity index (χ0) is 15.5. The highest BCUT2D eigenvalue weighted by atomic mass is 16.4. The first kappa shape index (κ1) is 13.8. The van der Waals surface area contributed by atoms with Crippen LogP contribution in [0.1, 0.15) is 27.4 Å². The summed E-state index contributed by atoms with van der Waals surface area (Å²) < 4.78 is 0. The van der Waals surface area contributed by atoms with Crippen LogP contribution in [0.4, 0.5) is 0 Å². The molecule has 4 heteroatoms. The molecule has 0 aliphatic heterocycles. The molecule has 22 heavy (non-hydrogen) atoms. The van der Waals surface area contributed by atoms with Gasteiger partial charge in [0.25, 0.3) is 0 Å². The van der Waals surface area contributed by atoms with Crippen molar-refractivity contribution in [1.29, 1.82) is 5.26 Å². The lowest BCUT2D eigenvalue weighted by molar-refractivity contribution is 0.0696. The van der Waals surface area contributed by atoms with E-state index in [1.165, 1.54) is 12.3 Å². The summed E-state index contributed by atoms with van der Waals surface area (Å²) in [5, 5.41) is 20.7. The van der Waals surface area contributed by atoms with Crippen molar-refractivity contribution < 1.29 is 9.90 Å². The second kappa shape index (κ2) is 5.66. The van der Waals surface area contributed by atoms with E-state index in [2.05, 4.69) is 11.1 Å². The highest BCUT2D eigenvalue weighted by Crippen LogP contribution is 2.30. The average molecular weight is 288 g/mol. The van der Waals surface area contributed by atoms with E-state index in [0.29, 0.717) is 5.56 Å². The smallest absolute Gasteiger partial charge is 0.337 e. The van der Waals surface area contributed by atoms with Gasteiger partial charge in [-0.1, -0.05) is 42.5 Å². The molecule has 0 spiro atoms. The Labute approximate surface area is 127 Å². The molecule has 1 aromatic heterocycles. The minimum Gasteiger partial charge on any atom is -0.478 e. The molecule has 0 radical (unpaired) electrons. The Morgan fingerprint density at radius 1 is 1.14 bits per heavy atom. The van der Waals surface area contributed by atoms with Gasteiger partial charge in [-0.15, -0.1) is 0 Å². The third kappa shape index (κ3) is 2.40. The molecule has 106 valence electrons. The monoisotopic (exact) mass is 288 g/mol. The van der Waals surface area contributed by atoms with Gasteiger partial charge in [-0.2, -0.15) is 5.26 Å². The molecule has 0 fully saturated rings. The van der Waals surface area contributed by atoms with Gasteiger partial charge >= 0.3 is 5.97 Å². The number of nitrogens with zero attached hydrogens (tertiary/aromatic N) is 2. The van der Waals surface area contributed by atoms with Crippen LogP contribution in [0.3, 0.4) is 0 Å². The molecular formula is C18H12N2O2. The van der Waals surface area contributed by atoms with Gasteiger partial charge < -0.3 is 5.11 Å². The van der Waals surface area contributed by atoms with Crippen molar-refractivity contribution in [3.8, 4) is 6.07 Å². The molecule has 0 aliphatic carbocycles. The number of carbonyl (C=O) groups is 1. The summed E-state index contributed by atoms with van der Waals surface area (Å²) in [4.78, 5) is 15.0. The highest BCUT2D eigenvalue weighted by Gasteiger charge is 2.18. The first-order valence-electron chi connectivity index (χ1n) is 6.76. The zero-order valence-electron chi connectivity index (χ0n) is 11.6. The third-order valence-corrected chi connectivity index (χ3v) is 3.60. The summed E-state index contributed by atoms with van der Waals surface area (Å²) in [5.41, 5.74) is 1.52. The van der Waals surface area contributed by atoms with E-state index >= 15 is 0 Å². The first-order valence-corrected chi connectivity index (χ1v) is 6.76. The topological polar surface area (TPSA) is 74.0 Å². The van der Waals surface area contributed by atoms with Gasteiger partial charge in [0.05, 0.1) is 17.6 Å². The molecule has 3 aromatic rings. The fourth-order valence-corrected chi connectivity index (χ4v) is 2.56. The summed E-state index contributed by atoms with van der Waals surface area (Å²) in [6.07, 6.45) is 2.82. The van der Waals surface area contributed by atoms with Gasteiger partial charge in [0, 0.05) is 12.4 Å². The van der Waals surface area contributed by atoms with E-state index in [1.54, 1.807) is 6.20 Å². The van der Waals surface area contributed by atoms with Crippen LogP contribution in [0, 0.1) is 11.3 Å². The molecule has 2 aromatic carbocycles. The summed E-state index contributed by atoms with van der Waals surface area (Å²) in [5.74, 6) is -1.61. The summed E-state index contributed by atoms with van der Waals surface area (Å²) >= 11 is 0. The van der Waals surface area contributed by atoms with E-state index in [4.69, 9.17) is 5.11 Å². The lowest BCUT2D eigenvalue weighted by atomic mass is 9.89. The molecule has 1 N–H and O–H groups in total. The van der Waals surface area contributed by atoms with Gasteiger partial charge in [-0.3, -0.25) is 4.98 Å². The maximum atomic E-state index is 11.1. The number of hydrogen-bond acceptors (Lipinski definition) is 3. The van der Waals surface area contributed by atoms with Gasteiger partial charge in [-0.05, 0) is 28.0 Å². The molecule has 1 atom stereocenters. The quantitative estimate of drug-likeness (QED) is 0.799. The maximum absolute atomic E-state index is 11.1. The number of pyridine rings is 1. The Kier molecular flexibility index (Phi) is 3.55.